The zero-order chi connectivity index (χ0) is 15.3. The normalized spacial score (nSPS) is 34.8. The van der Waals surface area contributed by atoms with Gasteiger partial charge in [0.15, 0.2) is 6.10 Å². The molecule has 5 atom stereocenters. The fourth-order valence-electron chi connectivity index (χ4n) is 2.73. The Morgan fingerprint density at radius 1 is 1.14 bits per heavy atom. The Labute approximate surface area is 118 Å². The molecule has 21 heavy (non-hydrogen) atoms. The van der Waals surface area contributed by atoms with Crippen LogP contribution in [-0.2, 0) is 9.47 Å². The van der Waals surface area contributed by atoms with Gasteiger partial charge >= 0.3 is 5.97 Å². The minimum atomic E-state index is -1.47. The Bertz CT molecular complexity index is 586. The van der Waals surface area contributed by atoms with Gasteiger partial charge in [0.05, 0.1) is 12.2 Å². The third kappa shape index (κ3) is 2.04. The predicted molar refractivity (Wildman–Crippen MR) is 65.7 cm³/mol. The van der Waals surface area contributed by atoms with Crippen molar-refractivity contribution in [3.63, 3.8) is 0 Å². The van der Waals surface area contributed by atoms with Crippen molar-refractivity contribution in [3.05, 3.63) is 23.3 Å². The van der Waals surface area contributed by atoms with Crippen LogP contribution in [0.3, 0.4) is 0 Å². The molecule has 0 aromatic heterocycles. The SMILES string of the molecule is O=C1O[C@H]2[C@@H](O)[C@@H](O)[C@@H](CO)O[C@H]2c2c(O)cc(O)cc21. The summed E-state index contributed by atoms with van der Waals surface area (Å²) < 4.78 is 10.5. The fourth-order valence-corrected chi connectivity index (χ4v) is 2.73. The first-order chi connectivity index (χ1) is 9.93. The van der Waals surface area contributed by atoms with Gasteiger partial charge in [-0.1, -0.05) is 0 Å². The van der Waals surface area contributed by atoms with Gasteiger partial charge in [-0.3, -0.25) is 0 Å². The van der Waals surface area contributed by atoms with Gasteiger partial charge in [-0.2, -0.15) is 0 Å². The maximum absolute atomic E-state index is 11.9. The summed E-state index contributed by atoms with van der Waals surface area (Å²) in [5, 5.41) is 48.4. The maximum Gasteiger partial charge on any atom is 0.339 e. The Hall–Kier alpha value is -1.87. The molecule has 8 heteroatoms. The lowest BCUT2D eigenvalue weighted by atomic mass is 9.86. The predicted octanol–water partition coefficient (Wildman–Crippen LogP) is -1.21. The molecule has 0 spiro atoms. The highest BCUT2D eigenvalue weighted by atomic mass is 16.6. The van der Waals surface area contributed by atoms with Crippen LogP contribution in [0.15, 0.2) is 12.1 Å². The summed E-state index contributed by atoms with van der Waals surface area (Å²) in [5.74, 6) is -1.57. The zero-order valence-electron chi connectivity index (χ0n) is 10.7. The van der Waals surface area contributed by atoms with E-state index in [1.54, 1.807) is 0 Å². The van der Waals surface area contributed by atoms with Crippen LogP contribution in [0.2, 0.25) is 0 Å². The number of phenolic OH excluding ortho intramolecular Hbond substituents is 2. The number of benzene rings is 1. The number of rotatable bonds is 1. The van der Waals surface area contributed by atoms with Crippen LogP contribution in [0.1, 0.15) is 22.0 Å². The van der Waals surface area contributed by atoms with Crippen LogP contribution in [-0.4, -0.2) is 62.5 Å². The molecule has 0 aliphatic carbocycles. The van der Waals surface area contributed by atoms with Crippen LogP contribution < -0.4 is 0 Å². The number of aliphatic hydroxyl groups is 3. The Morgan fingerprint density at radius 3 is 2.52 bits per heavy atom. The third-order valence-electron chi connectivity index (χ3n) is 3.76. The largest absolute Gasteiger partial charge is 0.508 e. The molecule has 1 aromatic carbocycles. The van der Waals surface area contributed by atoms with Gasteiger partial charge in [0, 0.05) is 11.6 Å². The lowest BCUT2D eigenvalue weighted by Gasteiger charge is -2.44. The van der Waals surface area contributed by atoms with E-state index in [4.69, 9.17) is 9.47 Å². The molecule has 0 saturated carbocycles. The van der Waals surface area contributed by atoms with E-state index >= 15 is 0 Å². The van der Waals surface area contributed by atoms with Gasteiger partial charge in [-0.15, -0.1) is 0 Å². The van der Waals surface area contributed by atoms with Gasteiger partial charge in [-0.25, -0.2) is 4.79 Å². The van der Waals surface area contributed by atoms with E-state index in [2.05, 4.69) is 0 Å². The molecule has 1 saturated heterocycles. The molecule has 0 bridgehead atoms. The summed E-state index contributed by atoms with van der Waals surface area (Å²) in [5.41, 5.74) is -0.0347. The number of aromatic hydroxyl groups is 2. The Balaban J connectivity index is 2.10. The van der Waals surface area contributed by atoms with E-state index in [-0.39, 0.29) is 16.9 Å². The second kappa shape index (κ2) is 4.85. The van der Waals surface area contributed by atoms with Gasteiger partial charge in [-0.05, 0) is 6.07 Å². The molecule has 1 fully saturated rings. The van der Waals surface area contributed by atoms with E-state index in [0.29, 0.717) is 0 Å². The molecule has 8 nitrogen and oxygen atoms in total. The molecule has 2 aliphatic heterocycles. The van der Waals surface area contributed by atoms with Crippen molar-refractivity contribution >= 4 is 5.97 Å². The standard InChI is InChI=1S/C13H14O8/c14-3-7-9(17)10(18)12-11(20-7)8-5(13(19)21-12)1-4(15)2-6(8)16/h1-2,7,9-12,14-18H,3H2/t7-,9+,10+,11+,12+/m1/s1. The number of carbonyl (C=O) groups excluding carboxylic acids is 1. The third-order valence-corrected chi connectivity index (χ3v) is 3.76. The highest BCUT2D eigenvalue weighted by Crippen LogP contribution is 2.44. The monoisotopic (exact) mass is 298 g/mol. The number of carbonyl (C=O) groups is 1. The molecule has 114 valence electrons. The maximum atomic E-state index is 11.9. The number of fused-ring (bicyclic) bond motifs is 3. The van der Waals surface area contributed by atoms with Crippen molar-refractivity contribution < 1.29 is 39.8 Å². The summed E-state index contributed by atoms with van der Waals surface area (Å²) in [6.07, 6.45) is -6.23. The number of phenols is 2. The molecule has 2 heterocycles. The summed E-state index contributed by atoms with van der Waals surface area (Å²) in [4.78, 5) is 11.9. The molecule has 0 amide bonds. The first kappa shape index (κ1) is 14.1. The van der Waals surface area contributed by atoms with Gasteiger partial charge in [0.1, 0.15) is 35.9 Å². The molecule has 0 unspecified atom stereocenters. The van der Waals surface area contributed by atoms with Crippen LogP contribution in [0.5, 0.6) is 11.5 Å². The molecule has 3 rings (SSSR count). The van der Waals surface area contributed by atoms with E-state index < -0.39 is 48.8 Å². The van der Waals surface area contributed by atoms with Crippen LogP contribution in [0.4, 0.5) is 0 Å². The second-order valence-electron chi connectivity index (χ2n) is 5.05. The quantitative estimate of drug-likeness (QED) is 0.407. The van der Waals surface area contributed by atoms with E-state index in [9.17, 15) is 30.3 Å². The molecule has 1 aromatic rings. The fraction of sp³-hybridized carbons (Fsp3) is 0.462. The van der Waals surface area contributed by atoms with Crippen LogP contribution in [0, 0.1) is 0 Å². The van der Waals surface area contributed by atoms with Crippen molar-refractivity contribution in [1.29, 1.82) is 0 Å². The van der Waals surface area contributed by atoms with E-state index in [1.165, 1.54) is 0 Å². The van der Waals surface area contributed by atoms with Gasteiger partial charge < -0.3 is 35.0 Å². The first-order valence-corrected chi connectivity index (χ1v) is 6.33. The average molecular weight is 298 g/mol. The number of ether oxygens (including phenoxy) is 2. The lowest BCUT2D eigenvalue weighted by molar-refractivity contribution is -0.235. The summed E-state index contributed by atoms with van der Waals surface area (Å²) in [7, 11) is 0. The Morgan fingerprint density at radius 2 is 1.86 bits per heavy atom. The molecular weight excluding hydrogens is 284 g/mol. The van der Waals surface area contributed by atoms with Crippen molar-refractivity contribution in [2.45, 2.75) is 30.5 Å². The Kier molecular flexibility index (Phi) is 3.25. The smallest absolute Gasteiger partial charge is 0.339 e. The summed E-state index contributed by atoms with van der Waals surface area (Å²) in [6.45, 7) is -0.552. The lowest BCUT2D eigenvalue weighted by Crippen LogP contribution is -2.58. The molecule has 5 N–H and O–H groups in total. The average Bonchev–Trinajstić information content (AvgIpc) is 2.43. The van der Waals surface area contributed by atoms with Crippen LogP contribution >= 0.6 is 0 Å². The van der Waals surface area contributed by atoms with Gasteiger partial charge in [0.2, 0.25) is 0 Å². The van der Waals surface area contributed by atoms with Crippen molar-refractivity contribution in [2.24, 2.45) is 0 Å². The second-order valence-corrected chi connectivity index (χ2v) is 5.05. The first-order valence-electron chi connectivity index (χ1n) is 6.33. The summed E-state index contributed by atoms with van der Waals surface area (Å²) >= 11 is 0. The van der Waals surface area contributed by atoms with E-state index in [1.807, 2.05) is 0 Å². The molecule has 0 radical (unpaired) electrons. The number of aliphatic hydroxyl groups excluding tert-OH is 3. The van der Waals surface area contributed by atoms with Gasteiger partial charge in [0.25, 0.3) is 0 Å². The minimum Gasteiger partial charge on any atom is -0.508 e. The van der Waals surface area contributed by atoms with Crippen LogP contribution in [0.25, 0.3) is 0 Å². The highest BCUT2D eigenvalue weighted by Gasteiger charge is 2.51. The zero-order valence-corrected chi connectivity index (χ0v) is 10.7. The van der Waals surface area contributed by atoms with Crippen molar-refractivity contribution in [1.82, 2.24) is 0 Å². The highest BCUT2D eigenvalue weighted by molar-refractivity contribution is 5.94. The van der Waals surface area contributed by atoms with Crippen molar-refractivity contribution in [3.8, 4) is 11.5 Å². The minimum absolute atomic E-state index is 0.0541. The number of hydrogen-bond donors (Lipinski definition) is 5. The number of hydrogen-bond acceptors (Lipinski definition) is 8. The number of esters is 1. The van der Waals surface area contributed by atoms with E-state index in [0.717, 1.165) is 12.1 Å². The summed E-state index contributed by atoms with van der Waals surface area (Å²) in [6, 6.07) is 2.14. The van der Waals surface area contributed by atoms with Crippen molar-refractivity contribution in [2.75, 3.05) is 6.61 Å². The molecule has 2 aliphatic rings. The molecular formula is C13H14O8. The topological polar surface area (TPSA) is 137 Å².